The van der Waals surface area contributed by atoms with Gasteiger partial charge in [-0.1, -0.05) is 23.7 Å². The van der Waals surface area contributed by atoms with Crippen molar-refractivity contribution >= 4 is 35.2 Å². The fraction of sp³-hybridized carbons (Fsp3) is 0.0625. The summed E-state index contributed by atoms with van der Waals surface area (Å²) in [6, 6.07) is 12.2. The van der Waals surface area contributed by atoms with E-state index in [0.29, 0.717) is 16.3 Å². The minimum absolute atomic E-state index is 0.00425. The number of fused-ring (bicyclic) bond motifs is 1. The molecule has 3 rings (SSSR count). The van der Waals surface area contributed by atoms with E-state index >= 15 is 0 Å². The summed E-state index contributed by atoms with van der Waals surface area (Å²) in [7, 11) is 0. The van der Waals surface area contributed by atoms with E-state index in [2.05, 4.69) is 0 Å². The van der Waals surface area contributed by atoms with Gasteiger partial charge < -0.3 is 5.11 Å². The summed E-state index contributed by atoms with van der Waals surface area (Å²) >= 11 is 7.58. The quantitative estimate of drug-likeness (QED) is 0.792. The molecule has 0 saturated carbocycles. The number of rotatable bonds is 1. The Morgan fingerprint density at radius 2 is 2.05 bits per heavy atom. The first-order valence-corrected chi connectivity index (χ1v) is 7.46. The predicted molar refractivity (Wildman–Crippen MR) is 82.6 cm³/mol. The van der Waals surface area contributed by atoms with Crippen molar-refractivity contribution in [3.05, 3.63) is 64.2 Å². The van der Waals surface area contributed by atoms with E-state index in [0.717, 1.165) is 16.0 Å². The monoisotopic (exact) mass is 302 g/mol. The van der Waals surface area contributed by atoms with Crippen molar-refractivity contribution in [3.8, 4) is 5.75 Å². The fourth-order valence-electron chi connectivity index (χ4n) is 2.12. The zero-order valence-corrected chi connectivity index (χ0v) is 12.0. The highest BCUT2D eigenvalue weighted by molar-refractivity contribution is 7.99. The summed E-state index contributed by atoms with van der Waals surface area (Å²) in [6.07, 6.45) is 1.82. The van der Waals surface area contributed by atoms with E-state index in [-0.39, 0.29) is 11.5 Å². The number of hydrogen-bond donors (Lipinski definition) is 1. The van der Waals surface area contributed by atoms with Gasteiger partial charge in [0.15, 0.2) is 5.78 Å². The first kappa shape index (κ1) is 13.3. The highest BCUT2D eigenvalue weighted by atomic mass is 35.5. The van der Waals surface area contributed by atoms with Crippen LogP contribution in [0.2, 0.25) is 5.02 Å². The Kier molecular flexibility index (Phi) is 3.55. The van der Waals surface area contributed by atoms with Crippen LogP contribution in [0.4, 0.5) is 0 Å². The number of carbonyl (C=O) groups excluding carboxylic acids is 1. The highest BCUT2D eigenvalue weighted by Crippen LogP contribution is 2.35. The lowest BCUT2D eigenvalue weighted by atomic mass is 10.0. The van der Waals surface area contributed by atoms with E-state index < -0.39 is 0 Å². The molecule has 0 radical (unpaired) electrons. The number of phenols is 1. The van der Waals surface area contributed by atoms with Gasteiger partial charge in [-0.15, -0.1) is 11.8 Å². The Bertz CT molecular complexity index is 722. The molecule has 0 aromatic heterocycles. The second-order valence-electron chi connectivity index (χ2n) is 4.52. The van der Waals surface area contributed by atoms with Crippen LogP contribution in [0, 0.1) is 0 Å². The molecule has 0 aliphatic carbocycles. The summed E-state index contributed by atoms with van der Waals surface area (Å²) in [6.45, 7) is 0. The van der Waals surface area contributed by atoms with Crippen LogP contribution in [0.1, 0.15) is 15.9 Å². The van der Waals surface area contributed by atoms with E-state index in [1.54, 1.807) is 42.1 Å². The number of ketones is 1. The fourth-order valence-corrected chi connectivity index (χ4v) is 3.29. The first-order chi connectivity index (χ1) is 9.63. The van der Waals surface area contributed by atoms with Gasteiger partial charge in [0.2, 0.25) is 0 Å². The first-order valence-electron chi connectivity index (χ1n) is 6.10. The molecule has 1 aliphatic heterocycles. The van der Waals surface area contributed by atoms with E-state index in [4.69, 9.17) is 11.6 Å². The van der Waals surface area contributed by atoms with Crippen LogP contribution in [-0.2, 0) is 0 Å². The maximum absolute atomic E-state index is 12.5. The summed E-state index contributed by atoms with van der Waals surface area (Å²) in [4.78, 5) is 13.4. The van der Waals surface area contributed by atoms with Crippen molar-refractivity contribution in [2.45, 2.75) is 4.90 Å². The van der Waals surface area contributed by atoms with E-state index in [1.165, 1.54) is 0 Å². The number of thioether (sulfide) groups is 1. The molecule has 0 spiro atoms. The number of halogens is 1. The Morgan fingerprint density at radius 3 is 2.85 bits per heavy atom. The molecule has 0 bridgehead atoms. The molecule has 2 aromatic carbocycles. The van der Waals surface area contributed by atoms with Gasteiger partial charge in [-0.3, -0.25) is 4.79 Å². The van der Waals surface area contributed by atoms with Crippen molar-refractivity contribution in [2.24, 2.45) is 0 Å². The van der Waals surface area contributed by atoms with Crippen LogP contribution < -0.4 is 0 Å². The predicted octanol–water partition coefficient (Wildman–Crippen LogP) is 4.42. The summed E-state index contributed by atoms with van der Waals surface area (Å²) in [5, 5.41) is 10.0. The molecular formula is C16H11ClO2S. The Labute approximate surface area is 126 Å². The molecule has 1 N–H and O–H groups in total. The van der Waals surface area contributed by atoms with Gasteiger partial charge in [-0.05, 0) is 42.0 Å². The zero-order valence-electron chi connectivity index (χ0n) is 10.5. The molecule has 1 aliphatic rings. The summed E-state index contributed by atoms with van der Waals surface area (Å²) in [5.74, 6) is 0.826. The van der Waals surface area contributed by atoms with Crippen LogP contribution in [0.5, 0.6) is 5.75 Å². The van der Waals surface area contributed by atoms with Crippen LogP contribution in [-0.4, -0.2) is 16.6 Å². The van der Waals surface area contributed by atoms with Crippen LogP contribution in [0.3, 0.4) is 0 Å². The molecule has 0 atom stereocenters. The Balaban J connectivity index is 2.00. The third-order valence-corrected chi connectivity index (χ3v) is 4.43. The number of phenolic OH excluding ortho intramolecular Hbond substituents is 1. The largest absolute Gasteiger partial charge is 0.508 e. The number of aromatic hydroxyl groups is 1. The molecule has 4 heteroatoms. The average Bonchev–Trinajstić information content (AvgIpc) is 2.43. The molecule has 0 amide bonds. The second-order valence-corrected chi connectivity index (χ2v) is 5.98. The van der Waals surface area contributed by atoms with Crippen molar-refractivity contribution in [3.63, 3.8) is 0 Å². The molecule has 2 nitrogen and oxygen atoms in total. The summed E-state index contributed by atoms with van der Waals surface area (Å²) < 4.78 is 0. The van der Waals surface area contributed by atoms with Gasteiger partial charge in [0.05, 0.1) is 0 Å². The van der Waals surface area contributed by atoms with Crippen molar-refractivity contribution < 1.29 is 9.90 Å². The van der Waals surface area contributed by atoms with Gasteiger partial charge in [0.25, 0.3) is 0 Å². The maximum atomic E-state index is 12.5. The van der Waals surface area contributed by atoms with Crippen molar-refractivity contribution in [2.75, 3.05) is 5.75 Å². The third-order valence-electron chi connectivity index (χ3n) is 3.07. The molecule has 0 fully saturated rings. The minimum Gasteiger partial charge on any atom is -0.508 e. The topological polar surface area (TPSA) is 37.3 Å². The van der Waals surface area contributed by atoms with Crippen molar-refractivity contribution in [1.29, 1.82) is 0 Å². The number of carbonyl (C=O) groups is 1. The standard InChI is InChI=1S/C16H11ClO2S/c17-12-4-5-15-14(8-12)16(19)11(9-20-15)6-10-2-1-3-13(18)7-10/h1-8,18H,9H2/b11-6+. The van der Waals surface area contributed by atoms with Gasteiger partial charge in [0, 0.05) is 26.8 Å². The lowest BCUT2D eigenvalue weighted by Crippen LogP contribution is -2.12. The summed E-state index contributed by atoms with van der Waals surface area (Å²) in [5.41, 5.74) is 2.19. The number of benzene rings is 2. The Hall–Kier alpha value is -1.71. The SMILES string of the molecule is O=C1/C(=C/c2cccc(O)c2)CSc2ccc(Cl)cc21. The lowest BCUT2D eigenvalue weighted by molar-refractivity contribution is 0.103. The average molecular weight is 303 g/mol. The van der Waals surface area contributed by atoms with Crippen LogP contribution in [0.15, 0.2) is 52.9 Å². The molecule has 100 valence electrons. The van der Waals surface area contributed by atoms with Gasteiger partial charge >= 0.3 is 0 Å². The maximum Gasteiger partial charge on any atom is 0.191 e. The lowest BCUT2D eigenvalue weighted by Gasteiger charge is -2.17. The smallest absolute Gasteiger partial charge is 0.191 e. The zero-order chi connectivity index (χ0) is 14.1. The number of hydrogen-bond acceptors (Lipinski definition) is 3. The molecule has 1 heterocycles. The van der Waals surface area contributed by atoms with Crippen LogP contribution in [0.25, 0.3) is 6.08 Å². The normalized spacial score (nSPS) is 16.2. The number of Topliss-reactive ketones (excluding diaryl/α,β-unsaturated/α-hetero) is 1. The third kappa shape index (κ3) is 2.60. The molecule has 0 saturated heterocycles. The van der Waals surface area contributed by atoms with E-state index in [9.17, 15) is 9.90 Å². The molecule has 2 aromatic rings. The van der Waals surface area contributed by atoms with Gasteiger partial charge in [0.1, 0.15) is 5.75 Å². The molecule has 20 heavy (non-hydrogen) atoms. The highest BCUT2D eigenvalue weighted by Gasteiger charge is 2.22. The minimum atomic E-state index is 0.00425. The molecular weight excluding hydrogens is 292 g/mol. The van der Waals surface area contributed by atoms with E-state index in [1.807, 2.05) is 18.2 Å². The Morgan fingerprint density at radius 1 is 1.20 bits per heavy atom. The van der Waals surface area contributed by atoms with Crippen LogP contribution >= 0.6 is 23.4 Å². The van der Waals surface area contributed by atoms with Crippen molar-refractivity contribution in [1.82, 2.24) is 0 Å². The molecule has 0 unspecified atom stereocenters. The van der Waals surface area contributed by atoms with Gasteiger partial charge in [-0.2, -0.15) is 0 Å². The van der Waals surface area contributed by atoms with Gasteiger partial charge in [-0.25, -0.2) is 0 Å². The second kappa shape index (κ2) is 5.35.